The Balaban J connectivity index is 1.42. The molecule has 3 rings (SSSR count). The second-order valence-electron chi connectivity index (χ2n) is 5.50. The lowest BCUT2D eigenvalue weighted by molar-refractivity contribution is 0.0374. The molecule has 0 amide bonds. The molecule has 0 radical (unpaired) electrons. The molecule has 1 aliphatic rings. The number of pyridine rings is 1. The maximum absolute atomic E-state index is 5.36. The molecule has 3 heterocycles. The molecule has 0 aromatic carbocycles. The summed E-state index contributed by atoms with van der Waals surface area (Å²) in [6, 6.07) is 3.98. The SMILES string of the molecule is c1cncc(-c2[nH]ncc2CNCCCN2CCOCC2)c1. The van der Waals surface area contributed by atoms with Crippen LogP contribution >= 0.6 is 0 Å². The lowest BCUT2D eigenvalue weighted by atomic mass is 10.1. The predicted molar refractivity (Wildman–Crippen MR) is 85.4 cm³/mol. The van der Waals surface area contributed by atoms with Gasteiger partial charge in [0.15, 0.2) is 0 Å². The first kappa shape index (κ1) is 15.1. The Morgan fingerprint density at radius 1 is 1.27 bits per heavy atom. The van der Waals surface area contributed by atoms with Crippen molar-refractivity contribution in [3.63, 3.8) is 0 Å². The standard InChI is InChI=1S/C16H23N5O/c1-3-14(11-17-4-1)16-15(13-19-20-16)12-18-5-2-6-21-7-9-22-10-8-21/h1,3-4,11,13,18H,2,5-10,12H2,(H,19,20). The van der Waals surface area contributed by atoms with E-state index in [4.69, 9.17) is 4.74 Å². The number of nitrogens with one attached hydrogen (secondary N) is 2. The average molecular weight is 301 g/mol. The number of nitrogens with zero attached hydrogens (tertiary/aromatic N) is 3. The molecule has 22 heavy (non-hydrogen) atoms. The van der Waals surface area contributed by atoms with Crippen molar-refractivity contribution >= 4 is 0 Å². The van der Waals surface area contributed by atoms with Crippen LogP contribution in [-0.2, 0) is 11.3 Å². The highest BCUT2D eigenvalue weighted by Crippen LogP contribution is 2.19. The number of H-pyrrole nitrogens is 1. The van der Waals surface area contributed by atoms with E-state index in [0.29, 0.717) is 0 Å². The second-order valence-corrected chi connectivity index (χ2v) is 5.50. The summed E-state index contributed by atoms with van der Waals surface area (Å²) in [5, 5.41) is 10.7. The van der Waals surface area contributed by atoms with Gasteiger partial charge in [-0.25, -0.2) is 0 Å². The second kappa shape index (κ2) is 8.03. The molecule has 1 fully saturated rings. The molecule has 0 aliphatic carbocycles. The van der Waals surface area contributed by atoms with Gasteiger partial charge >= 0.3 is 0 Å². The first-order chi connectivity index (χ1) is 10.9. The van der Waals surface area contributed by atoms with Gasteiger partial charge in [-0.1, -0.05) is 0 Å². The Morgan fingerprint density at radius 2 is 2.18 bits per heavy atom. The van der Waals surface area contributed by atoms with Crippen molar-refractivity contribution in [1.29, 1.82) is 0 Å². The van der Waals surface area contributed by atoms with Crippen LogP contribution in [0.2, 0.25) is 0 Å². The lowest BCUT2D eigenvalue weighted by Gasteiger charge is -2.26. The van der Waals surface area contributed by atoms with Gasteiger partial charge in [0.25, 0.3) is 0 Å². The van der Waals surface area contributed by atoms with Crippen molar-refractivity contribution in [2.45, 2.75) is 13.0 Å². The van der Waals surface area contributed by atoms with Crippen molar-refractivity contribution in [3.05, 3.63) is 36.3 Å². The van der Waals surface area contributed by atoms with Gasteiger partial charge in [0, 0.05) is 43.2 Å². The van der Waals surface area contributed by atoms with Gasteiger partial charge in [-0.15, -0.1) is 0 Å². The van der Waals surface area contributed by atoms with Gasteiger partial charge < -0.3 is 10.1 Å². The lowest BCUT2D eigenvalue weighted by Crippen LogP contribution is -2.37. The summed E-state index contributed by atoms with van der Waals surface area (Å²) in [6.07, 6.45) is 6.68. The van der Waals surface area contributed by atoms with Crippen LogP contribution in [0, 0.1) is 0 Å². The van der Waals surface area contributed by atoms with Crippen molar-refractivity contribution in [2.75, 3.05) is 39.4 Å². The van der Waals surface area contributed by atoms with Crippen molar-refractivity contribution in [3.8, 4) is 11.3 Å². The van der Waals surface area contributed by atoms with E-state index in [1.54, 1.807) is 6.20 Å². The Kier molecular flexibility index (Phi) is 5.53. The molecular weight excluding hydrogens is 278 g/mol. The zero-order valence-corrected chi connectivity index (χ0v) is 12.8. The van der Waals surface area contributed by atoms with Gasteiger partial charge in [0.1, 0.15) is 0 Å². The Hall–Kier alpha value is -1.76. The van der Waals surface area contributed by atoms with Gasteiger partial charge in [-0.05, 0) is 31.6 Å². The van der Waals surface area contributed by atoms with E-state index >= 15 is 0 Å². The highest BCUT2D eigenvalue weighted by molar-refractivity contribution is 5.61. The van der Waals surface area contributed by atoms with Crippen LogP contribution in [0.25, 0.3) is 11.3 Å². The van der Waals surface area contributed by atoms with Gasteiger partial charge in [0.2, 0.25) is 0 Å². The zero-order valence-electron chi connectivity index (χ0n) is 12.8. The molecule has 1 aliphatic heterocycles. The molecule has 0 saturated carbocycles. The Labute approximate surface area is 130 Å². The summed E-state index contributed by atoms with van der Waals surface area (Å²) >= 11 is 0. The first-order valence-electron chi connectivity index (χ1n) is 7.87. The number of ether oxygens (including phenoxy) is 1. The first-order valence-corrected chi connectivity index (χ1v) is 7.87. The van der Waals surface area contributed by atoms with Crippen LogP contribution in [-0.4, -0.2) is 59.5 Å². The summed E-state index contributed by atoms with van der Waals surface area (Å²) in [7, 11) is 0. The number of aromatic amines is 1. The smallest absolute Gasteiger partial charge is 0.0710 e. The third-order valence-corrected chi connectivity index (χ3v) is 3.92. The third-order valence-electron chi connectivity index (χ3n) is 3.92. The van der Waals surface area contributed by atoms with E-state index in [0.717, 1.165) is 63.6 Å². The Bertz CT molecular complexity index is 551. The van der Waals surface area contributed by atoms with E-state index in [1.165, 1.54) is 5.56 Å². The molecular formula is C16H23N5O. The fourth-order valence-electron chi connectivity index (χ4n) is 2.68. The normalized spacial score (nSPS) is 16.0. The maximum Gasteiger partial charge on any atom is 0.0710 e. The van der Waals surface area contributed by atoms with Crippen molar-refractivity contribution in [1.82, 2.24) is 25.4 Å². The minimum atomic E-state index is 0.823. The molecule has 1 saturated heterocycles. The predicted octanol–water partition coefficient (Wildman–Crippen LogP) is 1.28. The third kappa shape index (κ3) is 4.13. The summed E-state index contributed by atoms with van der Waals surface area (Å²) in [5.74, 6) is 0. The fourth-order valence-corrected chi connectivity index (χ4v) is 2.68. The summed E-state index contributed by atoms with van der Waals surface area (Å²) in [5.41, 5.74) is 3.30. The monoisotopic (exact) mass is 301 g/mol. The van der Waals surface area contributed by atoms with E-state index in [-0.39, 0.29) is 0 Å². The highest BCUT2D eigenvalue weighted by Gasteiger charge is 2.10. The minimum absolute atomic E-state index is 0.823. The van der Waals surface area contributed by atoms with Gasteiger partial charge in [0.05, 0.1) is 25.1 Å². The zero-order chi connectivity index (χ0) is 15.0. The molecule has 2 N–H and O–H groups in total. The Morgan fingerprint density at radius 3 is 3.00 bits per heavy atom. The fraction of sp³-hybridized carbons (Fsp3) is 0.500. The number of morpholine rings is 1. The van der Waals surface area contributed by atoms with E-state index in [9.17, 15) is 0 Å². The van der Waals surface area contributed by atoms with E-state index < -0.39 is 0 Å². The van der Waals surface area contributed by atoms with Crippen molar-refractivity contribution < 1.29 is 4.74 Å². The molecule has 0 unspecified atom stereocenters. The van der Waals surface area contributed by atoms with E-state index in [2.05, 4.69) is 25.4 Å². The number of hydrogen-bond donors (Lipinski definition) is 2. The van der Waals surface area contributed by atoms with Crippen LogP contribution in [0.4, 0.5) is 0 Å². The molecule has 0 atom stereocenters. The summed E-state index contributed by atoms with van der Waals surface area (Å²) < 4.78 is 5.36. The van der Waals surface area contributed by atoms with Crippen LogP contribution in [0.3, 0.4) is 0 Å². The van der Waals surface area contributed by atoms with Crippen molar-refractivity contribution in [2.24, 2.45) is 0 Å². The largest absolute Gasteiger partial charge is 0.379 e. The maximum atomic E-state index is 5.36. The van der Waals surface area contributed by atoms with Crippen LogP contribution in [0.5, 0.6) is 0 Å². The van der Waals surface area contributed by atoms with Gasteiger partial charge in [-0.2, -0.15) is 5.10 Å². The minimum Gasteiger partial charge on any atom is -0.379 e. The molecule has 6 heteroatoms. The number of hydrogen-bond acceptors (Lipinski definition) is 5. The van der Waals surface area contributed by atoms with Crippen LogP contribution < -0.4 is 5.32 Å². The summed E-state index contributed by atoms with van der Waals surface area (Å²) in [4.78, 5) is 6.62. The number of aromatic nitrogens is 3. The molecule has 0 bridgehead atoms. The molecule has 2 aromatic heterocycles. The van der Waals surface area contributed by atoms with Gasteiger partial charge in [-0.3, -0.25) is 15.0 Å². The molecule has 6 nitrogen and oxygen atoms in total. The highest BCUT2D eigenvalue weighted by atomic mass is 16.5. The topological polar surface area (TPSA) is 66.1 Å². The summed E-state index contributed by atoms with van der Waals surface area (Å²) in [6.45, 7) is 6.84. The average Bonchev–Trinajstić information content (AvgIpc) is 3.05. The molecule has 2 aromatic rings. The van der Waals surface area contributed by atoms with E-state index in [1.807, 2.05) is 24.5 Å². The van der Waals surface area contributed by atoms with Crippen LogP contribution in [0.1, 0.15) is 12.0 Å². The number of rotatable bonds is 7. The van der Waals surface area contributed by atoms with Crippen LogP contribution in [0.15, 0.2) is 30.7 Å². The molecule has 118 valence electrons. The quantitative estimate of drug-likeness (QED) is 0.754. The molecule has 0 spiro atoms.